The van der Waals surface area contributed by atoms with Crippen LogP contribution in [0, 0.1) is 6.92 Å². The predicted octanol–water partition coefficient (Wildman–Crippen LogP) is 2.69. The van der Waals surface area contributed by atoms with E-state index in [9.17, 15) is 4.79 Å². The maximum absolute atomic E-state index is 11.7. The molecule has 0 saturated carbocycles. The van der Waals surface area contributed by atoms with Gasteiger partial charge >= 0.3 is 0 Å². The second kappa shape index (κ2) is 5.35. The Balaban J connectivity index is 2.38. The van der Waals surface area contributed by atoms with Crippen LogP contribution in [-0.4, -0.2) is 22.2 Å². The number of halogens is 1. The lowest BCUT2D eigenvalue weighted by atomic mass is 10.3. The van der Waals surface area contributed by atoms with E-state index < -0.39 is 0 Å². The number of nitrogens with zero attached hydrogens (tertiary/aromatic N) is 2. The second-order valence-electron chi connectivity index (χ2n) is 3.92. The molecule has 0 aliphatic carbocycles. The molecule has 5 heteroatoms. The number of hydrogen-bond donors (Lipinski definition) is 1. The number of benzene rings is 1. The van der Waals surface area contributed by atoms with Crippen molar-refractivity contribution in [1.82, 2.24) is 15.1 Å². The molecule has 4 nitrogen and oxygen atoms in total. The highest BCUT2D eigenvalue weighted by atomic mass is 79.9. The number of aryl methyl sites for hydroxylation is 1. The Morgan fingerprint density at radius 3 is 2.89 bits per heavy atom. The molecular weight excluding hydrogens is 294 g/mol. The minimum Gasteiger partial charge on any atom is -0.351 e. The summed E-state index contributed by atoms with van der Waals surface area (Å²) in [6, 6.07) is 9.58. The van der Waals surface area contributed by atoms with Gasteiger partial charge in [-0.25, -0.2) is 4.68 Å². The molecule has 1 aromatic carbocycles. The van der Waals surface area contributed by atoms with Gasteiger partial charge < -0.3 is 5.32 Å². The minimum atomic E-state index is -0.144. The fourth-order valence-electron chi connectivity index (χ4n) is 1.71. The first-order valence-electron chi connectivity index (χ1n) is 5.72. The van der Waals surface area contributed by atoms with Crippen LogP contribution in [0.1, 0.15) is 23.1 Å². The van der Waals surface area contributed by atoms with Gasteiger partial charge in [0.05, 0.1) is 5.69 Å². The first kappa shape index (κ1) is 12.8. The number of amides is 1. The van der Waals surface area contributed by atoms with E-state index in [2.05, 4.69) is 26.3 Å². The van der Waals surface area contributed by atoms with Crippen molar-refractivity contribution in [1.29, 1.82) is 0 Å². The van der Waals surface area contributed by atoms with Crippen LogP contribution >= 0.6 is 15.9 Å². The van der Waals surface area contributed by atoms with Crippen LogP contribution in [0.2, 0.25) is 0 Å². The fourth-order valence-corrected chi connectivity index (χ4v) is 2.09. The number of rotatable bonds is 3. The molecule has 1 heterocycles. The Labute approximate surface area is 114 Å². The van der Waals surface area contributed by atoms with Gasteiger partial charge in [0.2, 0.25) is 0 Å². The molecule has 0 bridgehead atoms. The quantitative estimate of drug-likeness (QED) is 0.947. The van der Waals surface area contributed by atoms with Gasteiger partial charge in [-0.15, -0.1) is 0 Å². The van der Waals surface area contributed by atoms with Crippen molar-refractivity contribution in [3.05, 3.63) is 46.2 Å². The van der Waals surface area contributed by atoms with Gasteiger partial charge in [-0.05, 0) is 38.1 Å². The summed E-state index contributed by atoms with van der Waals surface area (Å²) < 4.78 is 2.74. The molecule has 0 atom stereocenters. The summed E-state index contributed by atoms with van der Waals surface area (Å²) in [6.45, 7) is 4.41. The average molecular weight is 308 g/mol. The summed E-state index contributed by atoms with van der Waals surface area (Å²) in [7, 11) is 0. The van der Waals surface area contributed by atoms with E-state index in [1.807, 2.05) is 38.1 Å². The Bertz CT molecular complexity index is 577. The molecule has 0 radical (unpaired) electrons. The number of carbonyl (C=O) groups is 1. The van der Waals surface area contributed by atoms with Gasteiger partial charge in [0.15, 0.2) is 5.69 Å². The molecule has 0 spiro atoms. The van der Waals surface area contributed by atoms with E-state index in [1.54, 1.807) is 10.7 Å². The molecule has 0 saturated heterocycles. The zero-order valence-corrected chi connectivity index (χ0v) is 11.9. The molecule has 1 aromatic heterocycles. The maximum atomic E-state index is 11.7. The fraction of sp³-hybridized carbons (Fsp3) is 0.231. The Hall–Kier alpha value is -1.62. The minimum absolute atomic E-state index is 0.144. The van der Waals surface area contributed by atoms with Gasteiger partial charge in [-0.2, -0.15) is 5.10 Å². The lowest BCUT2D eigenvalue weighted by molar-refractivity contribution is 0.0950. The third-order valence-corrected chi connectivity index (χ3v) is 3.00. The number of carbonyl (C=O) groups excluding carboxylic acids is 1. The van der Waals surface area contributed by atoms with Gasteiger partial charge in [-0.1, -0.05) is 22.0 Å². The molecule has 0 unspecified atom stereocenters. The summed E-state index contributed by atoms with van der Waals surface area (Å²) in [5, 5.41) is 7.06. The van der Waals surface area contributed by atoms with Crippen LogP contribution in [0.15, 0.2) is 34.8 Å². The van der Waals surface area contributed by atoms with Crippen LogP contribution < -0.4 is 5.32 Å². The van der Waals surface area contributed by atoms with Crippen molar-refractivity contribution in [2.24, 2.45) is 0 Å². The highest BCUT2D eigenvalue weighted by Gasteiger charge is 2.12. The molecule has 2 aromatic rings. The first-order valence-corrected chi connectivity index (χ1v) is 6.52. The molecule has 18 heavy (non-hydrogen) atoms. The van der Waals surface area contributed by atoms with Crippen molar-refractivity contribution >= 4 is 21.8 Å². The number of aromatic nitrogens is 2. The summed E-state index contributed by atoms with van der Waals surface area (Å²) in [4.78, 5) is 11.7. The summed E-state index contributed by atoms with van der Waals surface area (Å²) in [5.41, 5.74) is 2.29. The second-order valence-corrected chi connectivity index (χ2v) is 4.84. The maximum Gasteiger partial charge on any atom is 0.271 e. The smallest absolute Gasteiger partial charge is 0.271 e. The van der Waals surface area contributed by atoms with E-state index >= 15 is 0 Å². The third-order valence-electron chi connectivity index (χ3n) is 2.51. The van der Waals surface area contributed by atoms with Crippen LogP contribution in [0.25, 0.3) is 5.69 Å². The zero-order chi connectivity index (χ0) is 13.1. The zero-order valence-electron chi connectivity index (χ0n) is 10.3. The highest BCUT2D eigenvalue weighted by molar-refractivity contribution is 9.10. The Morgan fingerprint density at radius 2 is 2.22 bits per heavy atom. The number of nitrogens with one attached hydrogen (secondary N) is 1. The lowest BCUT2D eigenvalue weighted by Crippen LogP contribution is -2.23. The van der Waals surface area contributed by atoms with Crippen molar-refractivity contribution in [3.63, 3.8) is 0 Å². The van der Waals surface area contributed by atoms with Gasteiger partial charge in [0.1, 0.15) is 0 Å². The van der Waals surface area contributed by atoms with Crippen molar-refractivity contribution in [3.8, 4) is 5.69 Å². The summed E-state index contributed by atoms with van der Waals surface area (Å²) in [5.74, 6) is -0.144. The van der Waals surface area contributed by atoms with Crippen LogP contribution in [0.4, 0.5) is 0 Å². The van der Waals surface area contributed by atoms with E-state index in [0.717, 1.165) is 15.9 Å². The summed E-state index contributed by atoms with van der Waals surface area (Å²) >= 11 is 3.42. The molecule has 0 aliphatic heterocycles. The van der Waals surface area contributed by atoms with Gasteiger partial charge in [0, 0.05) is 16.7 Å². The first-order chi connectivity index (χ1) is 8.61. The van der Waals surface area contributed by atoms with Crippen molar-refractivity contribution in [2.45, 2.75) is 13.8 Å². The standard InChI is InChI=1S/C13H14BrN3O/c1-3-15-13(18)12-7-9(2)17(16-12)11-6-4-5-10(14)8-11/h4-8H,3H2,1-2H3,(H,15,18). The van der Waals surface area contributed by atoms with E-state index in [0.29, 0.717) is 12.2 Å². The molecule has 1 amide bonds. The van der Waals surface area contributed by atoms with Crippen LogP contribution in [0.3, 0.4) is 0 Å². The van der Waals surface area contributed by atoms with E-state index in [4.69, 9.17) is 0 Å². The molecule has 1 N–H and O–H groups in total. The SMILES string of the molecule is CCNC(=O)c1cc(C)n(-c2cccc(Br)c2)n1. The Kier molecular flexibility index (Phi) is 3.81. The topological polar surface area (TPSA) is 46.9 Å². The van der Waals surface area contributed by atoms with E-state index in [1.165, 1.54) is 0 Å². The molecule has 94 valence electrons. The normalized spacial score (nSPS) is 10.4. The predicted molar refractivity (Wildman–Crippen MR) is 74.0 cm³/mol. The van der Waals surface area contributed by atoms with E-state index in [-0.39, 0.29) is 5.91 Å². The molecule has 0 fully saturated rings. The third kappa shape index (κ3) is 2.61. The van der Waals surface area contributed by atoms with Crippen LogP contribution in [0.5, 0.6) is 0 Å². The Morgan fingerprint density at radius 1 is 1.44 bits per heavy atom. The number of hydrogen-bond acceptors (Lipinski definition) is 2. The van der Waals surface area contributed by atoms with Crippen LogP contribution in [-0.2, 0) is 0 Å². The molecule has 2 rings (SSSR count). The van der Waals surface area contributed by atoms with Crippen molar-refractivity contribution in [2.75, 3.05) is 6.54 Å². The van der Waals surface area contributed by atoms with Gasteiger partial charge in [-0.3, -0.25) is 4.79 Å². The monoisotopic (exact) mass is 307 g/mol. The molecular formula is C13H14BrN3O. The van der Waals surface area contributed by atoms with Gasteiger partial charge in [0.25, 0.3) is 5.91 Å². The van der Waals surface area contributed by atoms with Crippen molar-refractivity contribution < 1.29 is 4.79 Å². The highest BCUT2D eigenvalue weighted by Crippen LogP contribution is 2.17. The average Bonchev–Trinajstić information content (AvgIpc) is 2.72. The molecule has 0 aliphatic rings. The summed E-state index contributed by atoms with van der Waals surface area (Å²) in [6.07, 6.45) is 0. The lowest BCUT2D eigenvalue weighted by Gasteiger charge is -2.04. The largest absolute Gasteiger partial charge is 0.351 e.